The fourth-order valence-electron chi connectivity index (χ4n) is 3.26. The average molecular weight is 333 g/mol. The van der Waals surface area contributed by atoms with Crippen LogP contribution >= 0.6 is 0 Å². The van der Waals surface area contributed by atoms with E-state index in [1.165, 1.54) is 12.1 Å². The molecule has 0 spiro atoms. The molecule has 130 valence electrons. The summed E-state index contributed by atoms with van der Waals surface area (Å²) in [5.74, 6) is 1.28. The molecular formula is C18H24FN3O2. The standard InChI is InChI=1S/C18H24FN3O2/c19-16-2-1-3-17(8-16)24-12-14-6-4-13(5-7-14)9-20-18(23)15-10-21-22-11-15/h1-3,8,10,13-15,22H,4-7,9,11-12H2,(H,20,23). The van der Waals surface area contributed by atoms with Crippen LogP contribution in [0.5, 0.6) is 5.75 Å². The number of amides is 1. The number of carbonyl (C=O) groups is 1. The van der Waals surface area contributed by atoms with Crippen molar-refractivity contribution < 1.29 is 13.9 Å². The average Bonchev–Trinajstić information content (AvgIpc) is 3.13. The van der Waals surface area contributed by atoms with Crippen molar-refractivity contribution >= 4 is 12.1 Å². The van der Waals surface area contributed by atoms with Gasteiger partial charge in [0, 0.05) is 25.4 Å². The minimum Gasteiger partial charge on any atom is -0.493 e. The SMILES string of the molecule is O=C(NCC1CCC(COc2cccc(F)c2)CC1)C1C=NNC1. The van der Waals surface area contributed by atoms with Gasteiger partial charge in [-0.1, -0.05) is 6.07 Å². The topological polar surface area (TPSA) is 62.7 Å². The van der Waals surface area contributed by atoms with E-state index in [4.69, 9.17) is 4.74 Å². The zero-order valence-electron chi connectivity index (χ0n) is 13.7. The number of nitrogens with one attached hydrogen (secondary N) is 2. The second-order valence-corrected chi connectivity index (χ2v) is 6.65. The molecule has 1 unspecified atom stereocenters. The molecule has 1 fully saturated rings. The summed E-state index contributed by atoms with van der Waals surface area (Å²) in [6, 6.07) is 6.28. The van der Waals surface area contributed by atoms with Crippen LogP contribution in [0.1, 0.15) is 25.7 Å². The van der Waals surface area contributed by atoms with Crippen molar-refractivity contribution in [3.63, 3.8) is 0 Å². The molecule has 1 aromatic rings. The molecule has 0 saturated heterocycles. The van der Waals surface area contributed by atoms with E-state index < -0.39 is 0 Å². The normalized spacial score (nSPS) is 26.0. The molecule has 1 saturated carbocycles. The predicted octanol–water partition coefficient (Wildman–Crippen LogP) is 2.33. The van der Waals surface area contributed by atoms with Gasteiger partial charge >= 0.3 is 0 Å². The highest BCUT2D eigenvalue weighted by Crippen LogP contribution is 2.29. The Hall–Kier alpha value is -2.11. The van der Waals surface area contributed by atoms with E-state index >= 15 is 0 Å². The van der Waals surface area contributed by atoms with Gasteiger partial charge in [0.1, 0.15) is 11.6 Å². The van der Waals surface area contributed by atoms with Crippen LogP contribution < -0.4 is 15.5 Å². The van der Waals surface area contributed by atoms with Crippen molar-refractivity contribution in [1.29, 1.82) is 0 Å². The van der Waals surface area contributed by atoms with E-state index in [-0.39, 0.29) is 17.6 Å². The van der Waals surface area contributed by atoms with Crippen LogP contribution in [0.25, 0.3) is 0 Å². The fourth-order valence-corrected chi connectivity index (χ4v) is 3.26. The number of halogens is 1. The molecule has 1 amide bonds. The largest absolute Gasteiger partial charge is 0.493 e. The third-order valence-corrected chi connectivity index (χ3v) is 4.81. The molecule has 1 aliphatic heterocycles. The number of ether oxygens (including phenoxy) is 1. The van der Waals surface area contributed by atoms with Crippen molar-refractivity contribution in [1.82, 2.24) is 10.7 Å². The smallest absolute Gasteiger partial charge is 0.230 e. The van der Waals surface area contributed by atoms with Crippen LogP contribution in [0.15, 0.2) is 29.4 Å². The fraction of sp³-hybridized carbons (Fsp3) is 0.556. The number of carbonyl (C=O) groups excluding carboxylic acids is 1. The lowest BCUT2D eigenvalue weighted by Gasteiger charge is -2.28. The van der Waals surface area contributed by atoms with E-state index in [1.54, 1.807) is 18.3 Å². The highest BCUT2D eigenvalue weighted by atomic mass is 19.1. The van der Waals surface area contributed by atoms with E-state index in [2.05, 4.69) is 15.8 Å². The molecule has 2 aliphatic rings. The lowest BCUT2D eigenvalue weighted by molar-refractivity contribution is -0.122. The van der Waals surface area contributed by atoms with E-state index in [1.807, 2.05) is 0 Å². The number of nitrogens with zero attached hydrogens (tertiary/aromatic N) is 1. The number of rotatable bonds is 6. The zero-order chi connectivity index (χ0) is 16.8. The van der Waals surface area contributed by atoms with Crippen LogP contribution in [0.3, 0.4) is 0 Å². The van der Waals surface area contributed by atoms with Crippen LogP contribution in [0.2, 0.25) is 0 Å². The summed E-state index contributed by atoms with van der Waals surface area (Å²) < 4.78 is 18.8. The van der Waals surface area contributed by atoms with Crippen LogP contribution in [0.4, 0.5) is 4.39 Å². The minimum atomic E-state index is -0.269. The summed E-state index contributed by atoms with van der Waals surface area (Å²) in [5.41, 5.74) is 2.80. The van der Waals surface area contributed by atoms with Gasteiger partial charge in [0.25, 0.3) is 0 Å². The van der Waals surface area contributed by atoms with Crippen molar-refractivity contribution in [2.45, 2.75) is 25.7 Å². The Kier molecular flexibility index (Phi) is 5.67. The highest BCUT2D eigenvalue weighted by molar-refractivity contribution is 5.94. The number of hydrazone groups is 1. The Balaban J connectivity index is 1.33. The Morgan fingerprint density at radius 3 is 2.79 bits per heavy atom. The van der Waals surface area contributed by atoms with Gasteiger partial charge in [-0.2, -0.15) is 5.10 Å². The van der Waals surface area contributed by atoms with Crippen molar-refractivity contribution in [3.05, 3.63) is 30.1 Å². The molecule has 24 heavy (non-hydrogen) atoms. The number of hydrogen-bond donors (Lipinski definition) is 2. The number of hydrogen-bond acceptors (Lipinski definition) is 4. The summed E-state index contributed by atoms with van der Waals surface area (Å²) in [4.78, 5) is 11.9. The first-order chi connectivity index (χ1) is 11.7. The van der Waals surface area contributed by atoms with Gasteiger partial charge in [-0.05, 0) is 49.7 Å². The molecule has 6 heteroatoms. The molecule has 0 bridgehead atoms. The molecule has 1 atom stereocenters. The maximum Gasteiger partial charge on any atom is 0.230 e. The number of benzene rings is 1. The zero-order valence-corrected chi connectivity index (χ0v) is 13.7. The summed E-state index contributed by atoms with van der Waals surface area (Å²) in [5, 5.41) is 6.90. The maximum absolute atomic E-state index is 13.1. The summed E-state index contributed by atoms with van der Waals surface area (Å²) in [6.07, 6.45) is 6.02. The lowest BCUT2D eigenvalue weighted by atomic mass is 9.82. The quantitative estimate of drug-likeness (QED) is 0.840. The molecule has 2 N–H and O–H groups in total. The Bertz CT molecular complexity index is 585. The van der Waals surface area contributed by atoms with E-state index in [0.29, 0.717) is 30.7 Å². The molecule has 1 aliphatic carbocycles. The van der Waals surface area contributed by atoms with Gasteiger partial charge < -0.3 is 15.5 Å². The molecule has 5 nitrogen and oxygen atoms in total. The molecule has 1 aromatic carbocycles. The second-order valence-electron chi connectivity index (χ2n) is 6.65. The second kappa shape index (κ2) is 8.13. The molecule has 1 heterocycles. The molecular weight excluding hydrogens is 309 g/mol. The summed E-state index contributed by atoms with van der Waals surface area (Å²) >= 11 is 0. The van der Waals surface area contributed by atoms with Gasteiger partial charge in [-0.3, -0.25) is 4.79 Å². The van der Waals surface area contributed by atoms with Gasteiger partial charge in [0.15, 0.2) is 0 Å². The highest BCUT2D eigenvalue weighted by Gasteiger charge is 2.24. The first kappa shape index (κ1) is 16.7. The summed E-state index contributed by atoms with van der Waals surface area (Å²) in [7, 11) is 0. The third-order valence-electron chi connectivity index (χ3n) is 4.81. The molecule has 0 aromatic heterocycles. The van der Waals surface area contributed by atoms with E-state index in [9.17, 15) is 9.18 Å². The summed E-state index contributed by atoms with van der Waals surface area (Å²) in [6.45, 7) is 1.96. The minimum absolute atomic E-state index is 0.0558. The first-order valence-electron chi connectivity index (χ1n) is 8.63. The monoisotopic (exact) mass is 333 g/mol. The van der Waals surface area contributed by atoms with Crippen LogP contribution in [-0.4, -0.2) is 31.8 Å². The Labute approximate surface area is 141 Å². The van der Waals surface area contributed by atoms with Gasteiger partial charge in [-0.25, -0.2) is 4.39 Å². The van der Waals surface area contributed by atoms with E-state index in [0.717, 1.165) is 32.2 Å². The third kappa shape index (κ3) is 4.69. The molecule has 3 rings (SSSR count). The van der Waals surface area contributed by atoms with Crippen LogP contribution in [-0.2, 0) is 4.79 Å². The van der Waals surface area contributed by atoms with Gasteiger partial charge in [0.05, 0.1) is 12.5 Å². The Morgan fingerprint density at radius 2 is 2.08 bits per heavy atom. The lowest BCUT2D eigenvalue weighted by Crippen LogP contribution is -2.37. The molecule has 0 radical (unpaired) electrons. The van der Waals surface area contributed by atoms with Crippen molar-refractivity contribution in [3.8, 4) is 5.75 Å². The predicted molar refractivity (Wildman–Crippen MR) is 90.3 cm³/mol. The Morgan fingerprint density at radius 1 is 1.29 bits per heavy atom. The first-order valence-corrected chi connectivity index (χ1v) is 8.63. The van der Waals surface area contributed by atoms with Crippen LogP contribution in [0, 0.1) is 23.6 Å². The van der Waals surface area contributed by atoms with Gasteiger partial charge in [0.2, 0.25) is 5.91 Å². The maximum atomic E-state index is 13.1. The van der Waals surface area contributed by atoms with Crippen molar-refractivity contribution in [2.24, 2.45) is 22.9 Å². The van der Waals surface area contributed by atoms with Gasteiger partial charge in [-0.15, -0.1) is 0 Å². The van der Waals surface area contributed by atoms with Crippen molar-refractivity contribution in [2.75, 3.05) is 19.7 Å².